The Labute approximate surface area is 175 Å². The minimum absolute atomic E-state index is 0.107. The minimum Gasteiger partial charge on any atom is -0.497 e. The van der Waals surface area contributed by atoms with Crippen molar-refractivity contribution in [3.63, 3.8) is 0 Å². The van der Waals surface area contributed by atoms with Crippen LogP contribution in [-0.4, -0.2) is 30.7 Å². The highest BCUT2D eigenvalue weighted by Gasteiger charge is 2.18. The maximum absolute atomic E-state index is 12.5. The van der Waals surface area contributed by atoms with Gasteiger partial charge in [-0.05, 0) is 41.0 Å². The van der Waals surface area contributed by atoms with Gasteiger partial charge in [-0.25, -0.2) is 4.79 Å². The fourth-order valence-electron chi connectivity index (χ4n) is 2.96. The Kier molecular flexibility index (Phi) is 7.19. The topological polar surface area (TPSA) is 84.9 Å². The van der Waals surface area contributed by atoms with Crippen molar-refractivity contribution in [2.24, 2.45) is 0 Å². The van der Waals surface area contributed by atoms with Crippen LogP contribution >= 0.6 is 0 Å². The van der Waals surface area contributed by atoms with Gasteiger partial charge in [-0.2, -0.15) is 0 Å². The molecule has 3 rings (SSSR count). The van der Waals surface area contributed by atoms with Crippen LogP contribution in [0.25, 0.3) is 0 Å². The lowest BCUT2D eigenvalue weighted by Gasteiger charge is -2.20. The summed E-state index contributed by atoms with van der Waals surface area (Å²) < 4.78 is 10.3. The molecule has 2 N–H and O–H groups in total. The largest absolute Gasteiger partial charge is 0.497 e. The Morgan fingerprint density at radius 1 is 0.900 bits per heavy atom. The molecule has 6 nitrogen and oxygen atoms in total. The molecular weight excluding hydrogens is 382 g/mol. The summed E-state index contributed by atoms with van der Waals surface area (Å²) in [5, 5.41) is 12.0. The SMILES string of the molecule is COc1ccc([C@@H](NC(=O)COC(=O)c2ccc(CO)cc2)c2ccccc2)cc1. The third kappa shape index (κ3) is 5.46. The fraction of sp³-hybridized carbons (Fsp3) is 0.167. The molecule has 0 spiro atoms. The minimum atomic E-state index is -0.602. The van der Waals surface area contributed by atoms with E-state index in [-0.39, 0.29) is 6.61 Å². The Balaban J connectivity index is 1.67. The summed E-state index contributed by atoms with van der Waals surface area (Å²) in [6.07, 6.45) is 0. The fourth-order valence-corrected chi connectivity index (χ4v) is 2.96. The average Bonchev–Trinajstić information content (AvgIpc) is 2.81. The molecule has 154 valence electrons. The van der Waals surface area contributed by atoms with Crippen molar-refractivity contribution < 1.29 is 24.2 Å². The Morgan fingerprint density at radius 2 is 1.53 bits per heavy atom. The molecule has 0 bridgehead atoms. The van der Waals surface area contributed by atoms with E-state index in [0.29, 0.717) is 11.1 Å². The van der Waals surface area contributed by atoms with E-state index < -0.39 is 24.5 Å². The van der Waals surface area contributed by atoms with Crippen molar-refractivity contribution in [2.75, 3.05) is 13.7 Å². The first-order valence-corrected chi connectivity index (χ1v) is 9.46. The van der Waals surface area contributed by atoms with Gasteiger partial charge in [0.1, 0.15) is 5.75 Å². The Morgan fingerprint density at radius 3 is 2.13 bits per heavy atom. The van der Waals surface area contributed by atoms with Crippen LogP contribution in [0.5, 0.6) is 5.75 Å². The first kappa shape index (κ1) is 21.1. The van der Waals surface area contributed by atoms with Crippen molar-refractivity contribution in [2.45, 2.75) is 12.6 Å². The standard InChI is InChI=1S/C24H23NO5/c1-29-21-13-11-19(12-14-21)23(18-5-3-2-4-6-18)25-22(27)16-30-24(28)20-9-7-17(15-26)8-10-20/h2-14,23,26H,15-16H2,1H3,(H,25,27)/t23-/m0/s1. The molecule has 0 radical (unpaired) electrons. The molecule has 1 atom stereocenters. The zero-order valence-electron chi connectivity index (χ0n) is 16.6. The van der Waals surface area contributed by atoms with Gasteiger partial charge in [-0.1, -0.05) is 54.6 Å². The molecule has 0 saturated carbocycles. The third-order valence-corrected chi connectivity index (χ3v) is 4.59. The predicted molar refractivity (Wildman–Crippen MR) is 112 cm³/mol. The number of nitrogens with one attached hydrogen (secondary N) is 1. The van der Waals surface area contributed by atoms with Crippen LogP contribution in [0.2, 0.25) is 0 Å². The number of rotatable bonds is 8. The molecule has 0 aliphatic carbocycles. The number of ether oxygens (including phenoxy) is 2. The summed E-state index contributed by atoms with van der Waals surface area (Å²) in [6, 6.07) is 22.9. The van der Waals surface area contributed by atoms with E-state index in [0.717, 1.165) is 16.9 Å². The van der Waals surface area contributed by atoms with Gasteiger partial charge in [0, 0.05) is 0 Å². The average molecular weight is 405 g/mol. The molecule has 0 unspecified atom stereocenters. The second-order valence-electron chi connectivity index (χ2n) is 6.62. The first-order valence-electron chi connectivity index (χ1n) is 9.46. The first-order chi connectivity index (χ1) is 14.6. The van der Waals surface area contributed by atoms with E-state index in [1.165, 1.54) is 0 Å². The molecule has 0 heterocycles. The van der Waals surface area contributed by atoms with E-state index in [1.54, 1.807) is 31.4 Å². The van der Waals surface area contributed by atoms with Crippen molar-refractivity contribution in [3.05, 3.63) is 101 Å². The van der Waals surface area contributed by atoms with Crippen LogP contribution in [0, 0.1) is 0 Å². The molecule has 0 aliphatic heterocycles. The highest BCUT2D eigenvalue weighted by molar-refractivity contribution is 5.91. The van der Waals surface area contributed by atoms with E-state index in [4.69, 9.17) is 14.6 Å². The van der Waals surface area contributed by atoms with Crippen LogP contribution in [-0.2, 0) is 16.1 Å². The van der Waals surface area contributed by atoms with E-state index >= 15 is 0 Å². The van der Waals surface area contributed by atoms with E-state index in [2.05, 4.69) is 5.32 Å². The maximum atomic E-state index is 12.5. The van der Waals surface area contributed by atoms with Gasteiger partial charge in [0.25, 0.3) is 5.91 Å². The summed E-state index contributed by atoms with van der Waals surface area (Å²) in [5.41, 5.74) is 2.78. The molecule has 30 heavy (non-hydrogen) atoms. The Bertz CT molecular complexity index is 969. The molecule has 0 saturated heterocycles. The monoisotopic (exact) mass is 405 g/mol. The lowest BCUT2D eigenvalue weighted by atomic mass is 9.98. The maximum Gasteiger partial charge on any atom is 0.338 e. The molecule has 3 aromatic rings. The van der Waals surface area contributed by atoms with Crippen LogP contribution in [0.4, 0.5) is 0 Å². The van der Waals surface area contributed by atoms with Gasteiger partial charge >= 0.3 is 5.97 Å². The number of esters is 1. The van der Waals surface area contributed by atoms with Crippen LogP contribution in [0.3, 0.4) is 0 Å². The highest BCUT2D eigenvalue weighted by Crippen LogP contribution is 2.24. The number of carbonyl (C=O) groups is 2. The van der Waals surface area contributed by atoms with Gasteiger partial charge in [0.2, 0.25) is 0 Å². The number of methoxy groups -OCH3 is 1. The highest BCUT2D eigenvalue weighted by atomic mass is 16.5. The van der Waals surface area contributed by atoms with Gasteiger partial charge in [0.05, 0.1) is 25.3 Å². The third-order valence-electron chi connectivity index (χ3n) is 4.59. The molecular formula is C24H23NO5. The summed E-state index contributed by atoms with van der Waals surface area (Å²) in [6.45, 7) is -0.510. The van der Waals surface area contributed by atoms with Crippen molar-refractivity contribution in [3.8, 4) is 5.75 Å². The summed E-state index contributed by atoms with van der Waals surface area (Å²) >= 11 is 0. The van der Waals surface area contributed by atoms with Gasteiger partial charge in [-0.15, -0.1) is 0 Å². The Hall–Kier alpha value is -3.64. The van der Waals surface area contributed by atoms with Gasteiger partial charge < -0.3 is 19.9 Å². The summed E-state index contributed by atoms with van der Waals surface area (Å²) in [4.78, 5) is 24.7. The molecule has 6 heteroatoms. The number of hydrogen-bond donors (Lipinski definition) is 2. The lowest BCUT2D eigenvalue weighted by molar-refractivity contribution is -0.124. The molecule has 0 fully saturated rings. The quantitative estimate of drug-likeness (QED) is 0.562. The molecule has 1 amide bonds. The van der Waals surface area contributed by atoms with E-state index in [1.807, 2.05) is 54.6 Å². The van der Waals surface area contributed by atoms with Crippen molar-refractivity contribution in [1.82, 2.24) is 5.32 Å². The van der Waals surface area contributed by atoms with Crippen molar-refractivity contribution >= 4 is 11.9 Å². The van der Waals surface area contributed by atoms with Crippen LogP contribution < -0.4 is 10.1 Å². The smallest absolute Gasteiger partial charge is 0.338 e. The van der Waals surface area contributed by atoms with Crippen LogP contribution in [0.15, 0.2) is 78.9 Å². The van der Waals surface area contributed by atoms with E-state index in [9.17, 15) is 9.59 Å². The number of amides is 1. The zero-order valence-corrected chi connectivity index (χ0v) is 16.6. The molecule has 0 aromatic heterocycles. The zero-order chi connectivity index (χ0) is 21.3. The summed E-state index contributed by atoms with van der Waals surface area (Å²) in [7, 11) is 1.59. The van der Waals surface area contributed by atoms with Gasteiger partial charge in [0.15, 0.2) is 6.61 Å². The summed E-state index contributed by atoms with van der Waals surface area (Å²) in [5.74, 6) is -0.298. The van der Waals surface area contributed by atoms with Crippen LogP contribution in [0.1, 0.15) is 33.1 Å². The number of carbonyl (C=O) groups excluding carboxylic acids is 2. The number of hydrogen-bond acceptors (Lipinski definition) is 5. The second-order valence-corrected chi connectivity index (χ2v) is 6.62. The van der Waals surface area contributed by atoms with Crippen molar-refractivity contribution in [1.29, 1.82) is 0 Å². The number of benzene rings is 3. The van der Waals surface area contributed by atoms with Gasteiger partial charge in [-0.3, -0.25) is 4.79 Å². The number of aliphatic hydroxyl groups excluding tert-OH is 1. The molecule has 3 aromatic carbocycles. The number of aliphatic hydroxyl groups is 1. The molecule has 0 aliphatic rings. The second kappa shape index (κ2) is 10.2. The normalized spacial score (nSPS) is 11.4. The lowest BCUT2D eigenvalue weighted by Crippen LogP contribution is -2.33. The predicted octanol–water partition coefficient (Wildman–Crippen LogP) is 3.25.